The second-order valence-electron chi connectivity index (χ2n) is 8.36. The van der Waals surface area contributed by atoms with E-state index >= 15 is 0 Å². The van der Waals surface area contributed by atoms with Crippen LogP contribution < -0.4 is 22.3 Å². The van der Waals surface area contributed by atoms with Crippen LogP contribution in [0.15, 0.2) is 55.1 Å². The normalized spacial score (nSPS) is 10.9. The standard InChI is InChI=1S/C26H39N4O.ClH/c1-2-3-4-5-6-7-8-9-10-13-19-31-23-29-18-14-15-24(20-29)27-21-30-22-28-25-16-11-12-17-26(25)30;/h11-12,14-18,20,22,27H,2-10,13,19,21,23H2,1H3;1H/q+1;/p-1. The maximum absolute atomic E-state index is 5.87. The van der Waals surface area contributed by atoms with Crippen LogP contribution in [0.25, 0.3) is 11.0 Å². The van der Waals surface area contributed by atoms with Crippen LogP contribution in [0.3, 0.4) is 0 Å². The van der Waals surface area contributed by atoms with Crippen LogP contribution in [0.5, 0.6) is 0 Å². The first-order chi connectivity index (χ1) is 15.4. The van der Waals surface area contributed by atoms with E-state index in [1.807, 2.05) is 24.5 Å². The van der Waals surface area contributed by atoms with Crippen molar-refractivity contribution in [1.29, 1.82) is 0 Å². The summed E-state index contributed by atoms with van der Waals surface area (Å²) < 4.78 is 10.1. The van der Waals surface area contributed by atoms with Crippen molar-refractivity contribution < 1.29 is 21.7 Å². The molecule has 0 aliphatic rings. The van der Waals surface area contributed by atoms with E-state index in [2.05, 4.69) is 57.0 Å². The molecule has 2 heterocycles. The van der Waals surface area contributed by atoms with Crippen molar-refractivity contribution in [2.24, 2.45) is 0 Å². The molecule has 176 valence electrons. The number of hydrogen-bond acceptors (Lipinski definition) is 3. The van der Waals surface area contributed by atoms with Gasteiger partial charge in [-0.2, -0.15) is 4.57 Å². The lowest BCUT2D eigenvalue weighted by Gasteiger charge is -2.08. The number of halogens is 1. The van der Waals surface area contributed by atoms with Gasteiger partial charge in [0.1, 0.15) is 5.69 Å². The first-order valence-electron chi connectivity index (χ1n) is 12.1. The van der Waals surface area contributed by atoms with E-state index in [-0.39, 0.29) is 12.4 Å². The molecule has 0 fully saturated rings. The van der Waals surface area contributed by atoms with Crippen molar-refractivity contribution in [2.45, 2.75) is 84.5 Å². The van der Waals surface area contributed by atoms with Gasteiger partial charge in [-0.25, -0.2) is 4.98 Å². The van der Waals surface area contributed by atoms with Crippen molar-refractivity contribution in [3.8, 4) is 0 Å². The molecule has 0 aliphatic heterocycles. The van der Waals surface area contributed by atoms with E-state index in [0.717, 1.165) is 29.7 Å². The number of ether oxygens (including phenoxy) is 1. The Morgan fingerprint density at radius 1 is 0.906 bits per heavy atom. The number of hydrogen-bond donors (Lipinski definition) is 1. The van der Waals surface area contributed by atoms with Gasteiger partial charge < -0.3 is 27.0 Å². The average Bonchev–Trinajstić information content (AvgIpc) is 3.22. The Bertz CT molecular complexity index is 883. The molecule has 3 rings (SSSR count). The molecule has 0 saturated carbocycles. The summed E-state index contributed by atoms with van der Waals surface area (Å²) in [6, 6.07) is 12.3. The number of pyridine rings is 1. The first kappa shape index (κ1) is 26.1. The van der Waals surface area contributed by atoms with Crippen LogP contribution >= 0.6 is 0 Å². The number of anilines is 1. The molecule has 0 unspecified atom stereocenters. The van der Waals surface area contributed by atoms with Gasteiger partial charge in [0.25, 0.3) is 6.73 Å². The highest BCUT2D eigenvalue weighted by atomic mass is 35.5. The predicted molar refractivity (Wildman–Crippen MR) is 128 cm³/mol. The third-order valence-corrected chi connectivity index (χ3v) is 5.72. The fourth-order valence-electron chi connectivity index (χ4n) is 3.88. The van der Waals surface area contributed by atoms with Gasteiger partial charge in [0, 0.05) is 6.07 Å². The van der Waals surface area contributed by atoms with Gasteiger partial charge in [0.05, 0.1) is 30.6 Å². The van der Waals surface area contributed by atoms with E-state index in [1.165, 1.54) is 57.8 Å². The number of unbranched alkanes of at least 4 members (excludes halogenated alkanes) is 9. The summed E-state index contributed by atoms with van der Waals surface area (Å²) in [6.07, 6.45) is 19.6. The quantitative estimate of drug-likeness (QED) is 0.264. The lowest BCUT2D eigenvalue weighted by molar-refractivity contribution is -0.732. The number of benzene rings is 1. The number of nitrogens with one attached hydrogen (secondary N) is 1. The summed E-state index contributed by atoms with van der Waals surface area (Å²) >= 11 is 0. The van der Waals surface area contributed by atoms with Crippen molar-refractivity contribution in [3.05, 3.63) is 55.1 Å². The smallest absolute Gasteiger partial charge is 0.252 e. The first-order valence-corrected chi connectivity index (χ1v) is 12.1. The highest BCUT2D eigenvalue weighted by Crippen LogP contribution is 2.13. The molecule has 6 heteroatoms. The number of fused-ring (bicyclic) bond motifs is 1. The molecular formula is C26H39ClN4O. The van der Waals surface area contributed by atoms with Gasteiger partial charge in [-0.15, -0.1) is 0 Å². The van der Waals surface area contributed by atoms with Crippen molar-refractivity contribution in [2.75, 3.05) is 11.9 Å². The highest BCUT2D eigenvalue weighted by Gasteiger charge is 2.05. The third-order valence-electron chi connectivity index (χ3n) is 5.72. The van der Waals surface area contributed by atoms with E-state index in [9.17, 15) is 0 Å². The second-order valence-corrected chi connectivity index (χ2v) is 8.36. The number of rotatable bonds is 16. The molecule has 32 heavy (non-hydrogen) atoms. The Morgan fingerprint density at radius 2 is 1.62 bits per heavy atom. The Labute approximate surface area is 199 Å². The maximum Gasteiger partial charge on any atom is 0.252 e. The summed E-state index contributed by atoms with van der Waals surface area (Å²) in [4.78, 5) is 4.44. The third kappa shape index (κ3) is 9.17. The zero-order valence-corrected chi connectivity index (χ0v) is 20.3. The van der Waals surface area contributed by atoms with E-state index in [0.29, 0.717) is 13.4 Å². The fraction of sp³-hybridized carbons (Fsp3) is 0.538. The van der Waals surface area contributed by atoms with Gasteiger partial charge in [-0.1, -0.05) is 76.8 Å². The molecular weight excluding hydrogens is 420 g/mol. The van der Waals surface area contributed by atoms with Crippen molar-refractivity contribution in [1.82, 2.24) is 9.55 Å². The summed E-state index contributed by atoms with van der Waals surface area (Å²) in [6.45, 7) is 4.39. The predicted octanol–water partition coefficient (Wildman–Crippen LogP) is 3.29. The van der Waals surface area contributed by atoms with Crippen molar-refractivity contribution >= 4 is 16.7 Å². The van der Waals surface area contributed by atoms with E-state index in [4.69, 9.17) is 4.74 Å². The van der Waals surface area contributed by atoms with Crippen LogP contribution in [0, 0.1) is 0 Å². The Balaban J connectivity index is 0.00000363. The zero-order valence-electron chi connectivity index (χ0n) is 19.5. The molecule has 0 aliphatic carbocycles. The molecule has 0 radical (unpaired) electrons. The summed E-state index contributed by atoms with van der Waals surface area (Å²) in [5.74, 6) is 0. The van der Waals surface area contributed by atoms with Crippen LogP contribution in [-0.2, 0) is 18.1 Å². The van der Waals surface area contributed by atoms with Gasteiger partial charge >= 0.3 is 0 Å². The summed E-state index contributed by atoms with van der Waals surface area (Å²) in [7, 11) is 0. The number of imidazole rings is 1. The summed E-state index contributed by atoms with van der Waals surface area (Å²) in [5.41, 5.74) is 3.23. The van der Waals surface area contributed by atoms with Gasteiger partial charge in [0.2, 0.25) is 0 Å². The van der Waals surface area contributed by atoms with Gasteiger partial charge in [0.15, 0.2) is 12.4 Å². The van der Waals surface area contributed by atoms with Crippen LogP contribution in [0.1, 0.15) is 71.1 Å². The highest BCUT2D eigenvalue weighted by molar-refractivity contribution is 5.75. The molecule has 0 atom stereocenters. The molecule has 0 amide bonds. The minimum Gasteiger partial charge on any atom is -1.00 e. The zero-order chi connectivity index (χ0) is 21.6. The number of para-hydroxylation sites is 2. The minimum atomic E-state index is 0. The summed E-state index contributed by atoms with van der Waals surface area (Å²) in [5, 5.41) is 3.47. The van der Waals surface area contributed by atoms with Crippen LogP contribution in [0.4, 0.5) is 5.69 Å². The average molecular weight is 459 g/mol. The lowest BCUT2D eigenvalue weighted by atomic mass is 10.1. The fourth-order valence-corrected chi connectivity index (χ4v) is 3.88. The lowest BCUT2D eigenvalue weighted by Crippen LogP contribution is -3.00. The maximum atomic E-state index is 5.87. The SMILES string of the molecule is CCCCCCCCCCCCOC[n+]1cccc(NCn2cnc3ccccc32)c1.[Cl-]. The Hall–Kier alpha value is -2.11. The molecule has 1 N–H and O–H groups in total. The van der Waals surface area contributed by atoms with Gasteiger partial charge in [-0.3, -0.25) is 0 Å². The van der Waals surface area contributed by atoms with E-state index in [1.54, 1.807) is 0 Å². The second kappa shape index (κ2) is 15.7. The number of aromatic nitrogens is 3. The molecule has 3 aromatic rings. The molecule has 0 spiro atoms. The molecule has 0 bridgehead atoms. The van der Waals surface area contributed by atoms with Crippen LogP contribution in [0.2, 0.25) is 0 Å². The molecule has 2 aromatic heterocycles. The van der Waals surface area contributed by atoms with Crippen molar-refractivity contribution in [3.63, 3.8) is 0 Å². The Morgan fingerprint density at radius 3 is 2.41 bits per heavy atom. The molecule has 1 aromatic carbocycles. The van der Waals surface area contributed by atoms with Gasteiger partial charge in [-0.05, 0) is 24.6 Å². The number of nitrogens with zero attached hydrogens (tertiary/aromatic N) is 3. The minimum absolute atomic E-state index is 0. The Kier molecular flexibility index (Phi) is 12.8. The largest absolute Gasteiger partial charge is 1.00 e. The van der Waals surface area contributed by atoms with Crippen LogP contribution in [-0.4, -0.2) is 16.2 Å². The molecule has 5 nitrogen and oxygen atoms in total. The molecule has 0 saturated heterocycles. The monoisotopic (exact) mass is 458 g/mol. The topological polar surface area (TPSA) is 43.0 Å². The van der Waals surface area contributed by atoms with E-state index < -0.39 is 0 Å².